The molecule has 1 aromatic rings. The van der Waals surface area contributed by atoms with Crippen LogP contribution in [0.4, 0.5) is 23.2 Å². The Morgan fingerprint density at radius 3 is 2.50 bits per heavy atom. The van der Waals surface area contributed by atoms with E-state index in [1.54, 1.807) is 0 Å². The number of benzene rings is 1. The molecule has 0 radical (unpaired) electrons. The Labute approximate surface area is 93.9 Å². The third-order valence-electron chi connectivity index (χ3n) is 1.69. The molecule has 0 atom stereocenters. The molecule has 1 rings (SSSR count). The fourth-order valence-electron chi connectivity index (χ4n) is 0.788. The molecule has 0 spiro atoms. The molecule has 0 amide bonds. The van der Waals surface area contributed by atoms with E-state index in [4.69, 9.17) is 11.6 Å². The minimum atomic E-state index is -4.50. The van der Waals surface area contributed by atoms with Crippen LogP contribution in [0.5, 0.6) is 0 Å². The third kappa shape index (κ3) is 3.37. The Morgan fingerprint density at radius 2 is 2.00 bits per heavy atom. The molecule has 0 fully saturated rings. The molecule has 2 nitrogen and oxygen atoms in total. The van der Waals surface area contributed by atoms with E-state index in [0.717, 1.165) is 19.1 Å². The number of halogens is 5. The van der Waals surface area contributed by atoms with Gasteiger partial charge in [-0.1, -0.05) is 11.6 Å². The average Bonchev–Trinajstić information content (AvgIpc) is 2.14. The summed E-state index contributed by atoms with van der Waals surface area (Å²) in [6.45, 7) is 0.810. The molecule has 0 saturated carbocycles. The molecular formula is C9H7ClF4N2. The monoisotopic (exact) mass is 254 g/mol. The Morgan fingerprint density at radius 1 is 1.38 bits per heavy atom. The maximum Gasteiger partial charge on any atom is 0.430 e. The van der Waals surface area contributed by atoms with Crippen LogP contribution in [0, 0.1) is 5.82 Å². The van der Waals surface area contributed by atoms with Gasteiger partial charge in [0.1, 0.15) is 11.5 Å². The molecule has 0 unspecified atom stereocenters. The largest absolute Gasteiger partial charge is 0.430 e. The van der Waals surface area contributed by atoms with Gasteiger partial charge < -0.3 is 0 Å². The molecule has 0 aliphatic heterocycles. The zero-order valence-corrected chi connectivity index (χ0v) is 8.83. The van der Waals surface area contributed by atoms with Crippen LogP contribution in [0.25, 0.3) is 0 Å². The minimum absolute atomic E-state index is 0.0428. The number of hydrogen-bond acceptors (Lipinski definition) is 2. The summed E-state index contributed by atoms with van der Waals surface area (Å²) in [6, 6.07) is 3.24. The van der Waals surface area contributed by atoms with Crippen molar-refractivity contribution in [2.24, 2.45) is 5.10 Å². The highest BCUT2D eigenvalue weighted by molar-refractivity contribution is 6.33. The van der Waals surface area contributed by atoms with Gasteiger partial charge in [-0.05, 0) is 25.1 Å². The average molecular weight is 255 g/mol. The van der Waals surface area contributed by atoms with Crippen LogP contribution in [0.1, 0.15) is 6.92 Å². The van der Waals surface area contributed by atoms with E-state index in [2.05, 4.69) is 10.5 Å². The van der Waals surface area contributed by atoms with Crippen molar-refractivity contribution in [3.63, 3.8) is 0 Å². The van der Waals surface area contributed by atoms with Crippen molar-refractivity contribution in [1.29, 1.82) is 0 Å². The third-order valence-corrected chi connectivity index (χ3v) is 2.00. The fraction of sp³-hybridized carbons (Fsp3) is 0.222. The molecule has 0 saturated heterocycles. The van der Waals surface area contributed by atoms with Crippen molar-refractivity contribution < 1.29 is 17.6 Å². The van der Waals surface area contributed by atoms with Crippen LogP contribution in [0.3, 0.4) is 0 Å². The van der Waals surface area contributed by atoms with Gasteiger partial charge in [0.2, 0.25) is 0 Å². The molecule has 1 aromatic carbocycles. The van der Waals surface area contributed by atoms with Gasteiger partial charge in [0, 0.05) is 0 Å². The van der Waals surface area contributed by atoms with Gasteiger partial charge in [-0.25, -0.2) is 4.39 Å². The molecule has 88 valence electrons. The molecule has 0 heterocycles. The number of nitrogens with zero attached hydrogens (tertiary/aromatic N) is 1. The van der Waals surface area contributed by atoms with Crippen molar-refractivity contribution in [3.8, 4) is 0 Å². The summed E-state index contributed by atoms with van der Waals surface area (Å²) in [4.78, 5) is 0. The highest BCUT2D eigenvalue weighted by Gasteiger charge is 2.32. The van der Waals surface area contributed by atoms with Crippen LogP contribution in [0.2, 0.25) is 5.02 Å². The molecule has 0 aliphatic rings. The van der Waals surface area contributed by atoms with E-state index in [1.165, 1.54) is 6.07 Å². The lowest BCUT2D eigenvalue weighted by Gasteiger charge is -2.07. The second-order valence-corrected chi connectivity index (χ2v) is 3.34. The molecular weight excluding hydrogens is 248 g/mol. The highest BCUT2D eigenvalue weighted by atomic mass is 35.5. The zero-order chi connectivity index (χ0) is 12.3. The lowest BCUT2D eigenvalue weighted by Crippen LogP contribution is -2.20. The zero-order valence-electron chi connectivity index (χ0n) is 8.07. The Hall–Kier alpha value is -1.30. The lowest BCUT2D eigenvalue weighted by atomic mass is 10.3. The molecule has 1 N–H and O–H groups in total. The maximum atomic E-state index is 12.6. The number of rotatable bonds is 2. The first kappa shape index (κ1) is 12.8. The quantitative estimate of drug-likeness (QED) is 0.484. The van der Waals surface area contributed by atoms with Gasteiger partial charge >= 0.3 is 6.18 Å². The minimum Gasteiger partial charge on any atom is -0.277 e. The summed E-state index contributed by atoms with van der Waals surface area (Å²) >= 11 is 5.57. The van der Waals surface area contributed by atoms with E-state index in [1.807, 2.05) is 0 Å². The van der Waals surface area contributed by atoms with Gasteiger partial charge in [-0.2, -0.15) is 18.3 Å². The van der Waals surface area contributed by atoms with Crippen molar-refractivity contribution >= 4 is 23.0 Å². The van der Waals surface area contributed by atoms with E-state index in [9.17, 15) is 17.6 Å². The van der Waals surface area contributed by atoms with Crippen LogP contribution in [0.15, 0.2) is 23.3 Å². The smallest absolute Gasteiger partial charge is 0.277 e. The SMILES string of the molecule is CC(=NNc1ccc(F)cc1Cl)C(F)(F)F. The van der Waals surface area contributed by atoms with Crippen molar-refractivity contribution in [2.45, 2.75) is 13.1 Å². The number of alkyl halides is 3. The van der Waals surface area contributed by atoms with E-state index < -0.39 is 17.7 Å². The Kier molecular flexibility index (Phi) is 3.74. The summed E-state index contributed by atoms with van der Waals surface area (Å²) in [5.41, 5.74) is 1.17. The normalized spacial score (nSPS) is 12.8. The number of nitrogens with one attached hydrogen (secondary N) is 1. The second-order valence-electron chi connectivity index (χ2n) is 2.93. The number of anilines is 1. The van der Waals surface area contributed by atoms with Crippen LogP contribution < -0.4 is 5.43 Å². The van der Waals surface area contributed by atoms with Gasteiger partial charge in [0.25, 0.3) is 0 Å². The maximum absolute atomic E-state index is 12.6. The predicted molar refractivity (Wildman–Crippen MR) is 54.2 cm³/mol. The van der Waals surface area contributed by atoms with Gasteiger partial charge in [-0.3, -0.25) is 5.43 Å². The van der Waals surface area contributed by atoms with E-state index in [-0.39, 0.29) is 10.7 Å². The topological polar surface area (TPSA) is 24.4 Å². The van der Waals surface area contributed by atoms with Crippen LogP contribution >= 0.6 is 11.6 Å². The first-order chi connectivity index (χ1) is 7.30. The highest BCUT2D eigenvalue weighted by Crippen LogP contribution is 2.23. The fourth-order valence-corrected chi connectivity index (χ4v) is 0.997. The first-order valence-electron chi connectivity index (χ1n) is 4.13. The number of hydrogen-bond donors (Lipinski definition) is 1. The van der Waals surface area contributed by atoms with Gasteiger partial charge in [0.05, 0.1) is 10.7 Å². The van der Waals surface area contributed by atoms with Crippen LogP contribution in [-0.4, -0.2) is 11.9 Å². The molecule has 0 aromatic heterocycles. The van der Waals surface area contributed by atoms with Crippen molar-refractivity contribution in [3.05, 3.63) is 29.0 Å². The number of hydrazone groups is 1. The van der Waals surface area contributed by atoms with E-state index >= 15 is 0 Å². The van der Waals surface area contributed by atoms with Crippen molar-refractivity contribution in [1.82, 2.24) is 0 Å². The van der Waals surface area contributed by atoms with Gasteiger partial charge in [0.15, 0.2) is 0 Å². The van der Waals surface area contributed by atoms with Crippen LogP contribution in [-0.2, 0) is 0 Å². The standard InChI is InChI=1S/C9H7ClF4N2/c1-5(9(12,13)14)15-16-8-3-2-6(11)4-7(8)10/h2-4,16H,1H3. The Bertz CT molecular complexity index is 414. The molecule has 0 aliphatic carbocycles. The van der Waals surface area contributed by atoms with Crippen molar-refractivity contribution in [2.75, 3.05) is 5.43 Å². The first-order valence-corrected chi connectivity index (χ1v) is 4.51. The van der Waals surface area contributed by atoms with E-state index in [0.29, 0.717) is 0 Å². The lowest BCUT2D eigenvalue weighted by molar-refractivity contribution is -0.0592. The molecule has 7 heteroatoms. The summed E-state index contributed by atoms with van der Waals surface area (Å²) in [7, 11) is 0. The molecule has 16 heavy (non-hydrogen) atoms. The predicted octanol–water partition coefficient (Wildman–Crippen LogP) is 3.83. The summed E-state index contributed by atoms with van der Waals surface area (Å²) in [5, 5.41) is 3.05. The summed E-state index contributed by atoms with van der Waals surface area (Å²) < 4.78 is 48.8. The summed E-state index contributed by atoms with van der Waals surface area (Å²) in [5.74, 6) is -0.577. The second kappa shape index (κ2) is 4.69. The Balaban J connectivity index is 2.83. The summed E-state index contributed by atoms with van der Waals surface area (Å²) in [6.07, 6.45) is -4.50. The van der Waals surface area contributed by atoms with Gasteiger partial charge in [-0.15, -0.1) is 0 Å². The molecule has 0 bridgehead atoms.